The van der Waals surface area contributed by atoms with Gasteiger partial charge in [-0.3, -0.25) is 4.79 Å². The number of methoxy groups -OCH3 is 1. The molecule has 0 saturated carbocycles. The molecular weight excluding hydrogens is 266 g/mol. The first kappa shape index (κ1) is 17.3. The number of hydrogen-bond donors (Lipinski definition) is 1. The van der Waals surface area contributed by atoms with E-state index in [9.17, 15) is 9.59 Å². The Morgan fingerprint density at radius 3 is 2.32 bits per heavy atom. The summed E-state index contributed by atoms with van der Waals surface area (Å²) in [6, 6.07) is 0. The van der Waals surface area contributed by atoms with E-state index in [4.69, 9.17) is 17.0 Å². The summed E-state index contributed by atoms with van der Waals surface area (Å²) in [4.78, 5) is 23.1. The topological polar surface area (TPSA) is 64.6 Å². The van der Waals surface area contributed by atoms with E-state index in [1.807, 2.05) is 0 Å². The minimum Gasteiger partial charge on any atom is -0.466 e. The summed E-state index contributed by atoms with van der Waals surface area (Å²) in [7, 11) is 1.30. The highest BCUT2D eigenvalue weighted by molar-refractivity contribution is 7.80. The zero-order valence-electron chi connectivity index (χ0n) is 11.6. The van der Waals surface area contributed by atoms with Crippen LogP contribution in [0.5, 0.6) is 0 Å². The molecule has 0 amide bonds. The van der Waals surface area contributed by atoms with E-state index < -0.39 is 11.9 Å². The third-order valence-electron chi connectivity index (χ3n) is 2.16. The average molecular weight is 285 g/mol. The van der Waals surface area contributed by atoms with Crippen LogP contribution in [0.3, 0.4) is 0 Å². The standard InChI is InChI=1S/C13H19NO4S/c1-5-9(13(16)17-4)10(6-2)14-11(19)8-12(15)18-7-3/h5-6H,7-8H2,1-4H3,(H,14,19)/b9-5-,10-6-. The molecule has 0 radical (unpaired) electrons. The zero-order valence-corrected chi connectivity index (χ0v) is 12.4. The van der Waals surface area contributed by atoms with Crippen molar-refractivity contribution in [2.24, 2.45) is 0 Å². The summed E-state index contributed by atoms with van der Waals surface area (Å²) in [6.07, 6.45) is 3.27. The largest absolute Gasteiger partial charge is 0.466 e. The lowest BCUT2D eigenvalue weighted by atomic mass is 10.1. The maximum atomic E-state index is 11.5. The van der Waals surface area contributed by atoms with Gasteiger partial charge in [0, 0.05) is 5.70 Å². The molecule has 5 nitrogen and oxygen atoms in total. The minimum atomic E-state index is -0.470. The average Bonchev–Trinajstić information content (AvgIpc) is 2.37. The van der Waals surface area contributed by atoms with Crippen molar-refractivity contribution in [1.29, 1.82) is 0 Å². The fourth-order valence-corrected chi connectivity index (χ4v) is 1.55. The Bertz CT molecular complexity index is 413. The van der Waals surface area contributed by atoms with Gasteiger partial charge in [-0.25, -0.2) is 4.79 Å². The molecule has 0 aliphatic rings. The van der Waals surface area contributed by atoms with Gasteiger partial charge in [-0.1, -0.05) is 24.4 Å². The number of rotatable bonds is 6. The van der Waals surface area contributed by atoms with Crippen LogP contribution in [0, 0.1) is 0 Å². The van der Waals surface area contributed by atoms with E-state index in [-0.39, 0.29) is 11.4 Å². The molecule has 0 unspecified atom stereocenters. The first-order valence-electron chi connectivity index (χ1n) is 5.86. The van der Waals surface area contributed by atoms with E-state index in [2.05, 4.69) is 10.1 Å². The number of allylic oxidation sites excluding steroid dienone is 2. The SMILES string of the molecule is C/C=C(NC(=S)CC(=O)OCC)/C(=C/C)C(=O)OC. The lowest BCUT2D eigenvalue weighted by molar-refractivity contribution is -0.141. The van der Waals surface area contributed by atoms with Crippen molar-refractivity contribution in [3.05, 3.63) is 23.4 Å². The lowest BCUT2D eigenvalue weighted by Gasteiger charge is -2.13. The van der Waals surface area contributed by atoms with E-state index in [0.717, 1.165) is 0 Å². The predicted molar refractivity (Wildman–Crippen MR) is 76.5 cm³/mol. The Hall–Kier alpha value is -1.69. The first-order valence-corrected chi connectivity index (χ1v) is 6.27. The quantitative estimate of drug-likeness (QED) is 0.348. The number of carbonyl (C=O) groups excluding carboxylic acids is 2. The van der Waals surface area contributed by atoms with Crippen LogP contribution >= 0.6 is 12.2 Å². The van der Waals surface area contributed by atoms with Gasteiger partial charge in [0.1, 0.15) is 0 Å². The van der Waals surface area contributed by atoms with Crippen LogP contribution in [0.1, 0.15) is 27.2 Å². The summed E-state index contributed by atoms with van der Waals surface area (Å²) in [5, 5.41) is 2.84. The summed E-state index contributed by atoms with van der Waals surface area (Å²) in [5.74, 6) is -0.877. The monoisotopic (exact) mass is 285 g/mol. The fraction of sp³-hybridized carbons (Fsp3) is 0.462. The molecule has 0 saturated heterocycles. The van der Waals surface area contributed by atoms with Gasteiger partial charge in [-0.05, 0) is 20.8 Å². The number of nitrogens with one attached hydrogen (secondary N) is 1. The van der Waals surface area contributed by atoms with Crippen molar-refractivity contribution in [2.45, 2.75) is 27.2 Å². The molecule has 0 rings (SSSR count). The molecule has 1 N–H and O–H groups in total. The van der Waals surface area contributed by atoms with Crippen molar-refractivity contribution in [1.82, 2.24) is 5.32 Å². The molecule has 0 aromatic rings. The van der Waals surface area contributed by atoms with Crippen molar-refractivity contribution < 1.29 is 19.1 Å². The third-order valence-corrected chi connectivity index (χ3v) is 2.40. The van der Waals surface area contributed by atoms with Crippen LogP contribution in [0.15, 0.2) is 23.4 Å². The van der Waals surface area contributed by atoms with Gasteiger partial charge >= 0.3 is 11.9 Å². The molecule has 106 valence electrons. The Balaban J connectivity index is 4.70. The Morgan fingerprint density at radius 1 is 1.26 bits per heavy atom. The van der Waals surface area contributed by atoms with Crippen LogP contribution in [0.2, 0.25) is 0 Å². The molecule has 0 aromatic carbocycles. The Kier molecular flexibility index (Phi) is 8.44. The molecule has 6 heteroatoms. The van der Waals surface area contributed by atoms with E-state index in [1.165, 1.54) is 7.11 Å². The zero-order chi connectivity index (χ0) is 14.8. The van der Waals surface area contributed by atoms with Crippen LogP contribution < -0.4 is 5.32 Å². The number of hydrogen-bond acceptors (Lipinski definition) is 5. The van der Waals surface area contributed by atoms with Gasteiger partial charge < -0.3 is 14.8 Å². The van der Waals surface area contributed by atoms with Crippen LogP contribution in [-0.4, -0.2) is 30.6 Å². The van der Waals surface area contributed by atoms with E-state index in [1.54, 1.807) is 32.9 Å². The number of esters is 2. The second kappa shape index (κ2) is 9.27. The van der Waals surface area contributed by atoms with Crippen LogP contribution in [-0.2, 0) is 19.1 Å². The molecule has 0 aliphatic heterocycles. The molecule has 19 heavy (non-hydrogen) atoms. The van der Waals surface area contributed by atoms with Crippen molar-refractivity contribution in [2.75, 3.05) is 13.7 Å². The number of thiocarbonyl (C=S) groups is 1. The van der Waals surface area contributed by atoms with Crippen molar-refractivity contribution in [3.8, 4) is 0 Å². The number of carbonyl (C=O) groups is 2. The number of ether oxygens (including phenoxy) is 2. The molecule has 0 aliphatic carbocycles. The van der Waals surface area contributed by atoms with Crippen LogP contribution in [0.25, 0.3) is 0 Å². The predicted octanol–water partition coefficient (Wildman–Crippen LogP) is 1.88. The summed E-state index contributed by atoms with van der Waals surface area (Å²) < 4.78 is 9.46. The minimum absolute atomic E-state index is 0.0291. The first-order chi connectivity index (χ1) is 8.99. The molecular formula is C13H19NO4S. The fourth-order valence-electron chi connectivity index (χ4n) is 1.33. The van der Waals surface area contributed by atoms with Gasteiger partial charge in [0.25, 0.3) is 0 Å². The lowest BCUT2D eigenvalue weighted by Crippen LogP contribution is -2.27. The molecule has 0 spiro atoms. The van der Waals surface area contributed by atoms with Crippen molar-refractivity contribution >= 4 is 29.1 Å². The van der Waals surface area contributed by atoms with Gasteiger partial charge in [-0.15, -0.1) is 0 Å². The van der Waals surface area contributed by atoms with E-state index >= 15 is 0 Å². The third kappa shape index (κ3) is 6.15. The van der Waals surface area contributed by atoms with Gasteiger partial charge in [0.05, 0.1) is 30.7 Å². The molecule has 0 heterocycles. The Morgan fingerprint density at radius 2 is 1.89 bits per heavy atom. The maximum Gasteiger partial charge on any atom is 0.339 e. The van der Waals surface area contributed by atoms with Crippen molar-refractivity contribution in [3.63, 3.8) is 0 Å². The highest BCUT2D eigenvalue weighted by atomic mass is 32.1. The van der Waals surface area contributed by atoms with E-state index in [0.29, 0.717) is 17.9 Å². The molecule has 0 bridgehead atoms. The highest BCUT2D eigenvalue weighted by Gasteiger charge is 2.15. The second-order valence-electron chi connectivity index (χ2n) is 3.43. The molecule has 0 fully saturated rings. The van der Waals surface area contributed by atoms with Gasteiger partial charge in [0.2, 0.25) is 0 Å². The second-order valence-corrected chi connectivity index (χ2v) is 3.92. The van der Waals surface area contributed by atoms with Crippen LogP contribution in [0.4, 0.5) is 0 Å². The summed E-state index contributed by atoms with van der Waals surface area (Å²) in [6.45, 7) is 5.49. The Labute approximate surface area is 118 Å². The summed E-state index contributed by atoms with van der Waals surface area (Å²) >= 11 is 5.04. The summed E-state index contributed by atoms with van der Waals surface area (Å²) in [5.41, 5.74) is 0.861. The van der Waals surface area contributed by atoms with Gasteiger partial charge in [-0.2, -0.15) is 0 Å². The highest BCUT2D eigenvalue weighted by Crippen LogP contribution is 2.09. The smallest absolute Gasteiger partial charge is 0.339 e. The maximum absolute atomic E-state index is 11.5. The molecule has 0 atom stereocenters. The van der Waals surface area contributed by atoms with Gasteiger partial charge in [0.15, 0.2) is 0 Å². The molecule has 0 aromatic heterocycles. The normalized spacial score (nSPS) is 11.8.